The Morgan fingerprint density at radius 1 is 1.38 bits per heavy atom. The van der Waals surface area contributed by atoms with Crippen molar-refractivity contribution < 1.29 is 9.59 Å². The summed E-state index contributed by atoms with van der Waals surface area (Å²) in [4.78, 5) is 22.1. The van der Waals surface area contributed by atoms with E-state index in [1.54, 1.807) is 0 Å². The average molecular weight is 227 g/mol. The van der Waals surface area contributed by atoms with Crippen molar-refractivity contribution in [1.29, 1.82) is 0 Å². The van der Waals surface area contributed by atoms with Crippen LogP contribution in [0.3, 0.4) is 0 Å². The molecule has 1 atom stereocenters. The molecule has 0 aliphatic heterocycles. The summed E-state index contributed by atoms with van der Waals surface area (Å²) in [7, 11) is 0. The van der Waals surface area contributed by atoms with Gasteiger partial charge in [-0.05, 0) is 19.8 Å². The van der Waals surface area contributed by atoms with Gasteiger partial charge in [-0.1, -0.05) is 13.5 Å². The molecule has 0 saturated heterocycles. The van der Waals surface area contributed by atoms with Crippen LogP contribution in [0.15, 0.2) is 12.4 Å². The van der Waals surface area contributed by atoms with Gasteiger partial charge < -0.3 is 16.4 Å². The Balaban J connectivity index is 3.62. The smallest absolute Gasteiger partial charge is 0.223 e. The van der Waals surface area contributed by atoms with E-state index in [-0.39, 0.29) is 24.2 Å². The minimum atomic E-state index is -0.0906. The molecule has 0 aromatic carbocycles. The fraction of sp³-hybridized carbons (Fsp3) is 0.636. The van der Waals surface area contributed by atoms with Crippen LogP contribution in [0.4, 0.5) is 0 Å². The zero-order valence-corrected chi connectivity index (χ0v) is 10.0. The first-order chi connectivity index (χ1) is 7.43. The number of rotatable bonds is 8. The molecular formula is C11H21N3O2. The van der Waals surface area contributed by atoms with Gasteiger partial charge in [-0.3, -0.25) is 9.59 Å². The van der Waals surface area contributed by atoms with Crippen LogP contribution >= 0.6 is 0 Å². The molecule has 0 aliphatic rings. The maximum absolute atomic E-state index is 11.4. The molecule has 0 aliphatic carbocycles. The minimum Gasteiger partial charge on any atom is -0.386 e. The maximum atomic E-state index is 11.4. The lowest BCUT2D eigenvalue weighted by Crippen LogP contribution is -2.33. The van der Waals surface area contributed by atoms with Gasteiger partial charge in [-0.25, -0.2) is 0 Å². The normalized spacial score (nSPS) is 11.6. The van der Waals surface area contributed by atoms with Crippen molar-refractivity contribution in [2.45, 2.75) is 26.7 Å². The Hall–Kier alpha value is -1.52. The van der Waals surface area contributed by atoms with Crippen molar-refractivity contribution in [2.24, 2.45) is 11.7 Å². The van der Waals surface area contributed by atoms with E-state index in [1.165, 1.54) is 6.92 Å². The minimum absolute atomic E-state index is 0.0401. The summed E-state index contributed by atoms with van der Waals surface area (Å²) in [6, 6.07) is 0. The first kappa shape index (κ1) is 14.5. The Bertz CT molecular complexity index is 264. The number of hydrogen-bond donors (Lipinski definition) is 3. The fourth-order valence-electron chi connectivity index (χ4n) is 1.17. The van der Waals surface area contributed by atoms with E-state index in [4.69, 9.17) is 5.73 Å². The lowest BCUT2D eigenvalue weighted by Gasteiger charge is -2.11. The van der Waals surface area contributed by atoms with Gasteiger partial charge in [0.25, 0.3) is 0 Å². The van der Waals surface area contributed by atoms with E-state index in [2.05, 4.69) is 17.2 Å². The van der Waals surface area contributed by atoms with Crippen molar-refractivity contribution in [3.8, 4) is 0 Å². The largest absolute Gasteiger partial charge is 0.386 e. The van der Waals surface area contributed by atoms with Crippen molar-refractivity contribution in [1.82, 2.24) is 10.6 Å². The molecule has 5 nitrogen and oxygen atoms in total. The third kappa shape index (κ3) is 7.84. The maximum Gasteiger partial charge on any atom is 0.223 e. The SMILES string of the molecule is C=C(N)NCCC[C@H](C)C(=O)NCC(C)=O. The van der Waals surface area contributed by atoms with Gasteiger partial charge in [0.2, 0.25) is 5.91 Å². The van der Waals surface area contributed by atoms with Gasteiger partial charge in [-0.15, -0.1) is 0 Å². The van der Waals surface area contributed by atoms with Crippen molar-refractivity contribution >= 4 is 11.7 Å². The molecule has 0 unspecified atom stereocenters. The Morgan fingerprint density at radius 2 is 2.00 bits per heavy atom. The molecule has 1 amide bonds. The molecule has 16 heavy (non-hydrogen) atoms. The van der Waals surface area contributed by atoms with Crippen LogP contribution in [0.1, 0.15) is 26.7 Å². The number of ketones is 1. The van der Waals surface area contributed by atoms with E-state index in [9.17, 15) is 9.59 Å². The van der Waals surface area contributed by atoms with Crippen LogP contribution in [0, 0.1) is 5.92 Å². The lowest BCUT2D eigenvalue weighted by molar-refractivity contribution is -0.127. The number of carbonyl (C=O) groups is 2. The van der Waals surface area contributed by atoms with E-state index in [0.717, 1.165) is 12.8 Å². The Kier molecular flexibility index (Phi) is 7.00. The molecule has 0 radical (unpaired) electrons. The average Bonchev–Trinajstić information content (AvgIpc) is 2.20. The monoisotopic (exact) mass is 227 g/mol. The second-order valence-corrected chi connectivity index (χ2v) is 3.92. The van der Waals surface area contributed by atoms with Gasteiger partial charge in [0.1, 0.15) is 5.78 Å². The molecule has 5 heteroatoms. The molecule has 0 spiro atoms. The van der Waals surface area contributed by atoms with E-state index in [1.807, 2.05) is 6.92 Å². The lowest BCUT2D eigenvalue weighted by atomic mass is 10.0. The van der Waals surface area contributed by atoms with Crippen LogP contribution in [0.5, 0.6) is 0 Å². The summed E-state index contributed by atoms with van der Waals surface area (Å²) in [5.74, 6) is 0.226. The first-order valence-electron chi connectivity index (χ1n) is 5.39. The van der Waals surface area contributed by atoms with Crippen molar-refractivity contribution in [3.63, 3.8) is 0 Å². The highest BCUT2D eigenvalue weighted by molar-refractivity contribution is 5.85. The van der Waals surface area contributed by atoms with Gasteiger partial charge in [0, 0.05) is 12.5 Å². The Labute approximate surface area is 96.5 Å². The summed E-state index contributed by atoms with van der Waals surface area (Å²) < 4.78 is 0. The van der Waals surface area contributed by atoms with Crippen LogP contribution in [-0.4, -0.2) is 24.8 Å². The number of amides is 1. The Morgan fingerprint density at radius 3 is 2.50 bits per heavy atom. The molecule has 0 saturated carbocycles. The third-order valence-corrected chi connectivity index (χ3v) is 2.13. The molecule has 92 valence electrons. The molecule has 0 rings (SSSR count). The second-order valence-electron chi connectivity index (χ2n) is 3.92. The highest BCUT2D eigenvalue weighted by Gasteiger charge is 2.12. The van der Waals surface area contributed by atoms with Gasteiger partial charge >= 0.3 is 0 Å². The van der Waals surface area contributed by atoms with Crippen LogP contribution in [0.25, 0.3) is 0 Å². The number of nitrogens with two attached hydrogens (primary N) is 1. The molecule has 0 heterocycles. The second kappa shape index (κ2) is 7.73. The molecular weight excluding hydrogens is 206 g/mol. The fourth-order valence-corrected chi connectivity index (χ4v) is 1.17. The molecule has 0 bridgehead atoms. The standard InChI is InChI=1S/C11H21N3O2/c1-8(5-4-6-13-10(3)12)11(16)14-7-9(2)15/h8,13H,3-7,12H2,1-2H3,(H,14,16)/t8-/m0/s1. The van der Waals surface area contributed by atoms with E-state index in [0.29, 0.717) is 12.4 Å². The summed E-state index contributed by atoms with van der Waals surface area (Å²) in [5.41, 5.74) is 5.33. The van der Waals surface area contributed by atoms with Crippen LogP contribution in [-0.2, 0) is 9.59 Å². The quantitative estimate of drug-likeness (QED) is 0.514. The van der Waals surface area contributed by atoms with E-state index >= 15 is 0 Å². The summed E-state index contributed by atoms with van der Waals surface area (Å²) >= 11 is 0. The molecule has 0 aromatic heterocycles. The predicted molar refractivity (Wildman–Crippen MR) is 63.4 cm³/mol. The number of carbonyl (C=O) groups excluding carboxylic acids is 2. The number of hydrogen-bond acceptors (Lipinski definition) is 4. The zero-order chi connectivity index (χ0) is 12.6. The summed E-state index contributed by atoms with van der Waals surface area (Å²) in [6.07, 6.45) is 1.59. The number of nitrogens with one attached hydrogen (secondary N) is 2. The summed E-state index contributed by atoms with van der Waals surface area (Å²) in [6.45, 7) is 7.61. The molecule has 4 N–H and O–H groups in total. The zero-order valence-electron chi connectivity index (χ0n) is 10.0. The van der Waals surface area contributed by atoms with Gasteiger partial charge in [0.05, 0.1) is 12.4 Å². The van der Waals surface area contributed by atoms with Crippen molar-refractivity contribution in [2.75, 3.05) is 13.1 Å². The van der Waals surface area contributed by atoms with Crippen LogP contribution in [0.2, 0.25) is 0 Å². The third-order valence-electron chi connectivity index (χ3n) is 2.13. The van der Waals surface area contributed by atoms with Crippen LogP contribution < -0.4 is 16.4 Å². The molecule has 0 aromatic rings. The summed E-state index contributed by atoms with van der Waals surface area (Å²) in [5, 5.41) is 5.47. The predicted octanol–water partition coefficient (Wildman–Crippen LogP) is 0.127. The van der Waals surface area contributed by atoms with Gasteiger partial charge in [0.15, 0.2) is 0 Å². The number of Topliss-reactive ketones (excluding diaryl/α,β-unsaturated/α-hetero) is 1. The highest BCUT2D eigenvalue weighted by atomic mass is 16.2. The first-order valence-corrected chi connectivity index (χ1v) is 5.39. The van der Waals surface area contributed by atoms with E-state index < -0.39 is 0 Å². The van der Waals surface area contributed by atoms with Crippen molar-refractivity contribution in [3.05, 3.63) is 12.4 Å². The highest BCUT2D eigenvalue weighted by Crippen LogP contribution is 2.04. The molecule has 0 fully saturated rings. The van der Waals surface area contributed by atoms with Gasteiger partial charge in [-0.2, -0.15) is 0 Å². The topological polar surface area (TPSA) is 84.2 Å².